The van der Waals surface area contributed by atoms with Gasteiger partial charge in [-0.2, -0.15) is 0 Å². The van der Waals surface area contributed by atoms with Crippen LogP contribution < -0.4 is 5.32 Å². The van der Waals surface area contributed by atoms with Crippen LogP contribution in [0.2, 0.25) is 0 Å². The van der Waals surface area contributed by atoms with E-state index in [0.717, 1.165) is 12.0 Å². The second-order valence-electron chi connectivity index (χ2n) is 6.43. The van der Waals surface area contributed by atoms with Gasteiger partial charge >= 0.3 is 0 Å². The normalized spacial score (nSPS) is 40.5. The Morgan fingerprint density at radius 1 is 1.11 bits per heavy atom. The van der Waals surface area contributed by atoms with Crippen LogP contribution in [-0.2, 0) is 4.74 Å². The molecular formula is C15H28N2O. The van der Waals surface area contributed by atoms with Gasteiger partial charge in [0.05, 0.1) is 12.2 Å². The Balaban J connectivity index is 1.49. The van der Waals surface area contributed by atoms with Gasteiger partial charge in [0.25, 0.3) is 0 Å². The molecular weight excluding hydrogens is 224 g/mol. The van der Waals surface area contributed by atoms with E-state index in [-0.39, 0.29) is 0 Å². The molecule has 3 nitrogen and oxygen atoms in total. The molecule has 4 unspecified atom stereocenters. The van der Waals surface area contributed by atoms with E-state index in [1.165, 1.54) is 64.7 Å². The molecule has 2 aliphatic heterocycles. The highest BCUT2D eigenvalue weighted by molar-refractivity contribution is 4.90. The maximum Gasteiger partial charge on any atom is 0.0707 e. The van der Waals surface area contributed by atoms with Gasteiger partial charge < -0.3 is 10.1 Å². The van der Waals surface area contributed by atoms with Crippen LogP contribution in [0.5, 0.6) is 0 Å². The highest BCUT2D eigenvalue weighted by Crippen LogP contribution is 2.30. The van der Waals surface area contributed by atoms with E-state index in [9.17, 15) is 0 Å². The summed E-state index contributed by atoms with van der Waals surface area (Å²) in [4.78, 5) is 2.68. The lowest BCUT2D eigenvalue weighted by Crippen LogP contribution is -2.47. The second kappa shape index (κ2) is 5.89. The minimum absolute atomic E-state index is 0.548. The molecule has 0 aromatic carbocycles. The maximum atomic E-state index is 5.93. The minimum atomic E-state index is 0.548. The first kappa shape index (κ1) is 12.9. The smallest absolute Gasteiger partial charge is 0.0707 e. The molecule has 2 saturated heterocycles. The van der Waals surface area contributed by atoms with Crippen molar-refractivity contribution in [1.29, 1.82) is 0 Å². The summed E-state index contributed by atoms with van der Waals surface area (Å²) in [5.41, 5.74) is 0. The Morgan fingerprint density at radius 3 is 2.61 bits per heavy atom. The number of likely N-dealkylation sites (tertiary alicyclic amines) is 1. The Bertz CT molecular complexity index is 259. The monoisotopic (exact) mass is 252 g/mol. The van der Waals surface area contributed by atoms with E-state index in [2.05, 4.69) is 17.1 Å². The number of fused-ring (bicyclic) bond motifs is 2. The fraction of sp³-hybridized carbons (Fsp3) is 1.00. The SMILES string of the molecule is CCCNC1CCCC1CN1CC2CCC(C1)O2. The molecule has 2 heterocycles. The zero-order chi connectivity index (χ0) is 12.4. The molecule has 104 valence electrons. The summed E-state index contributed by atoms with van der Waals surface area (Å²) in [7, 11) is 0. The van der Waals surface area contributed by atoms with E-state index in [1.54, 1.807) is 0 Å². The minimum Gasteiger partial charge on any atom is -0.372 e. The summed E-state index contributed by atoms with van der Waals surface area (Å²) in [6.45, 7) is 7.13. The van der Waals surface area contributed by atoms with Crippen LogP contribution in [0.3, 0.4) is 0 Å². The molecule has 3 heteroatoms. The first-order chi connectivity index (χ1) is 8.85. The molecule has 1 saturated carbocycles. The molecule has 0 spiro atoms. The quantitative estimate of drug-likeness (QED) is 0.810. The van der Waals surface area contributed by atoms with Crippen LogP contribution in [0, 0.1) is 5.92 Å². The molecule has 4 atom stereocenters. The van der Waals surface area contributed by atoms with Crippen molar-refractivity contribution in [2.24, 2.45) is 5.92 Å². The maximum absolute atomic E-state index is 5.93. The fourth-order valence-electron chi connectivity index (χ4n) is 4.03. The summed E-state index contributed by atoms with van der Waals surface area (Å²) in [6, 6.07) is 0.783. The molecule has 18 heavy (non-hydrogen) atoms. The van der Waals surface area contributed by atoms with Crippen LogP contribution in [0.1, 0.15) is 45.4 Å². The first-order valence-electron chi connectivity index (χ1n) is 7.96. The Labute approximate surface area is 111 Å². The number of hydrogen-bond acceptors (Lipinski definition) is 3. The number of nitrogens with zero attached hydrogens (tertiary/aromatic N) is 1. The summed E-state index contributed by atoms with van der Waals surface area (Å²) < 4.78 is 5.93. The zero-order valence-electron chi connectivity index (χ0n) is 11.7. The molecule has 1 aliphatic carbocycles. The van der Waals surface area contributed by atoms with Gasteiger partial charge in [-0.3, -0.25) is 4.90 Å². The molecule has 3 aliphatic rings. The van der Waals surface area contributed by atoms with E-state index < -0.39 is 0 Å². The number of nitrogens with one attached hydrogen (secondary N) is 1. The van der Waals surface area contributed by atoms with E-state index in [1.807, 2.05) is 0 Å². The van der Waals surface area contributed by atoms with Gasteiger partial charge in [0.15, 0.2) is 0 Å². The third kappa shape index (κ3) is 2.89. The number of rotatable bonds is 5. The zero-order valence-corrected chi connectivity index (χ0v) is 11.7. The first-order valence-corrected chi connectivity index (χ1v) is 7.96. The Morgan fingerprint density at radius 2 is 1.89 bits per heavy atom. The molecule has 2 bridgehead atoms. The van der Waals surface area contributed by atoms with Gasteiger partial charge in [-0.05, 0) is 44.6 Å². The van der Waals surface area contributed by atoms with Gasteiger partial charge in [-0.1, -0.05) is 13.3 Å². The van der Waals surface area contributed by atoms with Gasteiger partial charge in [-0.25, -0.2) is 0 Å². The van der Waals surface area contributed by atoms with Crippen LogP contribution >= 0.6 is 0 Å². The molecule has 0 radical (unpaired) electrons. The predicted octanol–water partition coefficient (Wildman–Crippen LogP) is 2.02. The van der Waals surface area contributed by atoms with Crippen molar-refractivity contribution in [3.63, 3.8) is 0 Å². The third-order valence-electron chi connectivity index (χ3n) is 4.93. The lowest BCUT2D eigenvalue weighted by atomic mass is 10.0. The van der Waals surface area contributed by atoms with Crippen molar-refractivity contribution in [2.75, 3.05) is 26.2 Å². The standard InChI is InChI=1S/C15H28N2O/c1-2-8-16-15-5-3-4-12(15)9-17-10-13-6-7-14(11-17)18-13/h12-16H,2-11H2,1H3. The number of hydrogen-bond donors (Lipinski definition) is 1. The van der Waals surface area contributed by atoms with Crippen LogP contribution in [0.4, 0.5) is 0 Å². The van der Waals surface area contributed by atoms with Crippen molar-refractivity contribution in [3.8, 4) is 0 Å². The fourth-order valence-corrected chi connectivity index (χ4v) is 4.03. The highest BCUT2D eigenvalue weighted by Gasteiger charge is 2.36. The number of ether oxygens (including phenoxy) is 1. The van der Waals surface area contributed by atoms with Crippen LogP contribution in [0.15, 0.2) is 0 Å². The van der Waals surface area contributed by atoms with Crippen molar-refractivity contribution >= 4 is 0 Å². The summed E-state index contributed by atoms with van der Waals surface area (Å²) >= 11 is 0. The molecule has 0 aromatic heterocycles. The molecule has 0 amide bonds. The van der Waals surface area contributed by atoms with E-state index >= 15 is 0 Å². The van der Waals surface area contributed by atoms with E-state index in [4.69, 9.17) is 4.74 Å². The lowest BCUT2D eigenvalue weighted by molar-refractivity contribution is -0.0431. The topological polar surface area (TPSA) is 24.5 Å². The van der Waals surface area contributed by atoms with Crippen molar-refractivity contribution in [1.82, 2.24) is 10.2 Å². The molecule has 3 rings (SSSR count). The second-order valence-corrected chi connectivity index (χ2v) is 6.43. The lowest BCUT2D eigenvalue weighted by Gasteiger charge is -2.35. The summed E-state index contributed by atoms with van der Waals surface area (Å²) in [5, 5.41) is 3.75. The van der Waals surface area contributed by atoms with Gasteiger partial charge in [-0.15, -0.1) is 0 Å². The Hall–Kier alpha value is -0.120. The average molecular weight is 252 g/mol. The van der Waals surface area contributed by atoms with Crippen molar-refractivity contribution < 1.29 is 4.74 Å². The molecule has 1 N–H and O–H groups in total. The molecule has 0 aromatic rings. The van der Waals surface area contributed by atoms with Crippen molar-refractivity contribution in [3.05, 3.63) is 0 Å². The summed E-state index contributed by atoms with van der Waals surface area (Å²) in [6.07, 6.45) is 9.18. The average Bonchev–Trinajstić information content (AvgIpc) is 2.94. The third-order valence-corrected chi connectivity index (χ3v) is 4.93. The summed E-state index contributed by atoms with van der Waals surface area (Å²) in [5.74, 6) is 0.883. The van der Waals surface area contributed by atoms with Crippen molar-refractivity contribution in [2.45, 2.75) is 63.7 Å². The van der Waals surface area contributed by atoms with E-state index in [0.29, 0.717) is 12.2 Å². The van der Waals surface area contributed by atoms with Gasteiger partial charge in [0, 0.05) is 25.7 Å². The van der Waals surface area contributed by atoms with Crippen LogP contribution in [0.25, 0.3) is 0 Å². The van der Waals surface area contributed by atoms with Gasteiger partial charge in [0.2, 0.25) is 0 Å². The number of morpholine rings is 1. The highest BCUT2D eigenvalue weighted by atomic mass is 16.5. The van der Waals surface area contributed by atoms with Gasteiger partial charge in [0.1, 0.15) is 0 Å². The molecule has 3 fully saturated rings. The Kier molecular flexibility index (Phi) is 4.22. The predicted molar refractivity (Wildman–Crippen MR) is 73.8 cm³/mol. The largest absolute Gasteiger partial charge is 0.372 e. The van der Waals surface area contributed by atoms with Crippen LogP contribution in [-0.4, -0.2) is 49.3 Å².